The Morgan fingerprint density at radius 1 is 1.33 bits per heavy atom. The molecule has 0 spiro atoms. The van der Waals surface area contributed by atoms with Crippen molar-refractivity contribution in [1.29, 1.82) is 0 Å². The van der Waals surface area contributed by atoms with Crippen LogP contribution in [0.3, 0.4) is 0 Å². The highest BCUT2D eigenvalue weighted by Gasteiger charge is 2.39. The van der Waals surface area contributed by atoms with Gasteiger partial charge in [0.25, 0.3) is 0 Å². The molecule has 0 aromatic heterocycles. The summed E-state index contributed by atoms with van der Waals surface area (Å²) in [6, 6.07) is 9.21. The maximum atomic E-state index is 12.0. The SMILES string of the molecule is CC1(C(N)=O)CCN(CC(=O)c2ccccc2)C1. The molecule has 0 radical (unpaired) electrons. The van der Waals surface area contributed by atoms with Gasteiger partial charge in [0.2, 0.25) is 5.91 Å². The van der Waals surface area contributed by atoms with E-state index < -0.39 is 5.41 Å². The summed E-state index contributed by atoms with van der Waals surface area (Å²) in [6.45, 7) is 3.54. The molecule has 1 aliphatic heterocycles. The predicted molar refractivity (Wildman–Crippen MR) is 69.1 cm³/mol. The second kappa shape index (κ2) is 4.90. The summed E-state index contributed by atoms with van der Waals surface area (Å²) in [5, 5.41) is 0. The number of benzene rings is 1. The molecule has 4 nitrogen and oxygen atoms in total. The van der Waals surface area contributed by atoms with E-state index in [-0.39, 0.29) is 11.7 Å². The first-order valence-electron chi connectivity index (χ1n) is 6.12. The molecule has 1 fully saturated rings. The maximum Gasteiger partial charge on any atom is 0.224 e. The van der Waals surface area contributed by atoms with Gasteiger partial charge >= 0.3 is 0 Å². The molecular weight excluding hydrogens is 228 g/mol. The van der Waals surface area contributed by atoms with Gasteiger partial charge in [-0.05, 0) is 19.9 Å². The fraction of sp³-hybridized carbons (Fsp3) is 0.429. The van der Waals surface area contributed by atoms with Gasteiger partial charge in [0, 0.05) is 12.1 Å². The van der Waals surface area contributed by atoms with Gasteiger partial charge in [-0.15, -0.1) is 0 Å². The number of amides is 1. The Morgan fingerprint density at radius 2 is 2.00 bits per heavy atom. The van der Waals surface area contributed by atoms with Crippen LogP contribution in [0.4, 0.5) is 0 Å². The van der Waals surface area contributed by atoms with Crippen molar-refractivity contribution in [3.8, 4) is 0 Å². The predicted octanol–water partition coefficient (Wildman–Crippen LogP) is 1.07. The normalized spacial score (nSPS) is 24.1. The zero-order chi connectivity index (χ0) is 13.2. The van der Waals surface area contributed by atoms with Crippen LogP contribution in [0, 0.1) is 5.41 Å². The number of nitrogens with zero attached hydrogens (tertiary/aromatic N) is 1. The summed E-state index contributed by atoms with van der Waals surface area (Å²) >= 11 is 0. The van der Waals surface area contributed by atoms with Crippen LogP contribution in [0.25, 0.3) is 0 Å². The van der Waals surface area contributed by atoms with Gasteiger partial charge in [0.1, 0.15) is 0 Å². The number of primary amides is 1. The van der Waals surface area contributed by atoms with Crippen molar-refractivity contribution < 1.29 is 9.59 Å². The van der Waals surface area contributed by atoms with Crippen molar-refractivity contribution in [3.63, 3.8) is 0 Å². The van der Waals surface area contributed by atoms with E-state index in [1.165, 1.54) is 0 Å². The molecule has 1 saturated heterocycles. The minimum Gasteiger partial charge on any atom is -0.369 e. The van der Waals surface area contributed by atoms with E-state index in [0.29, 0.717) is 18.7 Å². The first-order valence-corrected chi connectivity index (χ1v) is 6.12. The van der Waals surface area contributed by atoms with E-state index in [0.717, 1.165) is 13.0 Å². The lowest BCUT2D eigenvalue weighted by molar-refractivity contribution is -0.126. The lowest BCUT2D eigenvalue weighted by atomic mass is 9.89. The Bertz CT molecular complexity index is 458. The number of nitrogens with two attached hydrogens (primary N) is 1. The molecular formula is C14H18N2O2. The van der Waals surface area contributed by atoms with Gasteiger partial charge < -0.3 is 5.73 Å². The average Bonchev–Trinajstić information content (AvgIpc) is 2.73. The molecule has 4 heteroatoms. The quantitative estimate of drug-likeness (QED) is 0.808. The van der Waals surface area contributed by atoms with Gasteiger partial charge in [0.15, 0.2) is 5.78 Å². The van der Waals surface area contributed by atoms with E-state index in [4.69, 9.17) is 5.73 Å². The van der Waals surface area contributed by atoms with Crippen molar-refractivity contribution in [2.45, 2.75) is 13.3 Å². The summed E-state index contributed by atoms with van der Waals surface area (Å²) in [7, 11) is 0. The number of hydrogen-bond donors (Lipinski definition) is 1. The maximum absolute atomic E-state index is 12.0. The Labute approximate surface area is 107 Å². The molecule has 0 bridgehead atoms. The number of ketones is 1. The van der Waals surface area contributed by atoms with Crippen LogP contribution < -0.4 is 5.73 Å². The molecule has 1 aliphatic rings. The van der Waals surface area contributed by atoms with Crippen LogP contribution in [0.2, 0.25) is 0 Å². The van der Waals surface area contributed by atoms with E-state index in [9.17, 15) is 9.59 Å². The van der Waals surface area contributed by atoms with Crippen molar-refractivity contribution in [2.75, 3.05) is 19.6 Å². The number of rotatable bonds is 4. The topological polar surface area (TPSA) is 63.4 Å². The highest BCUT2D eigenvalue weighted by molar-refractivity contribution is 5.97. The zero-order valence-corrected chi connectivity index (χ0v) is 10.6. The second-order valence-electron chi connectivity index (χ2n) is 5.17. The highest BCUT2D eigenvalue weighted by atomic mass is 16.1. The van der Waals surface area contributed by atoms with E-state index in [1.54, 1.807) is 0 Å². The minimum atomic E-state index is -0.489. The number of Topliss-reactive ketones (excluding diaryl/α,β-unsaturated/α-hetero) is 1. The average molecular weight is 246 g/mol. The molecule has 18 heavy (non-hydrogen) atoms. The molecule has 1 aromatic rings. The van der Waals surface area contributed by atoms with E-state index in [1.807, 2.05) is 42.2 Å². The molecule has 0 saturated carbocycles. The standard InChI is InChI=1S/C14H18N2O2/c1-14(13(15)18)7-8-16(10-14)9-12(17)11-5-3-2-4-6-11/h2-6H,7-10H2,1H3,(H2,15,18). The fourth-order valence-electron chi connectivity index (χ4n) is 2.31. The molecule has 1 atom stereocenters. The van der Waals surface area contributed by atoms with Crippen molar-refractivity contribution in [3.05, 3.63) is 35.9 Å². The molecule has 0 aliphatic carbocycles. The third-order valence-corrected chi connectivity index (χ3v) is 3.61. The minimum absolute atomic E-state index is 0.0873. The van der Waals surface area contributed by atoms with Gasteiger partial charge in [-0.2, -0.15) is 0 Å². The third-order valence-electron chi connectivity index (χ3n) is 3.61. The largest absolute Gasteiger partial charge is 0.369 e. The van der Waals surface area contributed by atoms with Crippen molar-refractivity contribution in [1.82, 2.24) is 4.90 Å². The number of likely N-dealkylation sites (tertiary alicyclic amines) is 1. The monoisotopic (exact) mass is 246 g/mol. The summed E-state index contributed by atoms with van der Waals surface area (Å²) in [4.78, 5) is 25.4. The van der Waals surface area contributed by atoms with Crippen LogP contribution in [0.1, 0.15) is 23.7 Å². The van der Waals surface area contributed by atoms with Gasteiger partial charge in [-0.1, -0.05) is 30.3 Å². The first kappa shape index (κ1) is 12.8. The molecule has 2 N–H and O–H groups in total. The molecule has 1 amide bonds. The van der Waals surface area contributed by atoms with Crippen molar-refractivity contribution in [2.24, 2.45) is 11.1 Å². The lowest BCUT2D eigenvalue weighted by Gasteiger charge is -2.20. The Kier molecular flexibility index (Phi) is 3.48. The van der Waals surface area contributed by atoms with Gasteiger partial charge in [-0.25, -0.2) is 0 Å². The molecule has 1 unspecified atom stereocenters. The van der Waals surface area contributed by atoms with Crippen LogP contribution in [-0.4, -0.2) is 36.2 Å². The van der Waals surface area contributed by atoms with Gasteiger partial charge in [-0.3, -0.25) is 14.5 Å². The highest BCUT2D eigenvalue weighted by Crippen LogP contribution is 2.29. The van der Waals surface area contributed by atoms with E-state index in [2.05, 4.69) is 0 Å². The number of hydrogen-bond acceptors (Lipinski definition) is 3. The second-order valence-corrected chi connectivity index (χ2v) is 5.17. The third kappa shape index (κ3) is 2.59. The summed E-state index contributed by atoms with van der Waals surface area (Å²) in [6.07, 6.45) is 0.727. The molecule has 96 valence electrons. The summed E-state index contributed by atoms with van der Waals surface area (Å²) in [5.74, 6) is -0.193. The Morgan fingerprint density at radius 3 is 2.56 bits per heavy atom. The molecule has 1 aromatic carbocycles. The van der Waals surface area contributed by atoms with Gasteiger partial charge in [0.05, 0.1) is 12.0 Å². The molecule has 1 heterocycles. The lowest BCUT2D eigenvalue weighted by Crippen LogP contribution is -2.38. The van der Waals surface area contributed by atoms with Crippen molar-refractivity contribution >= 4 is 11.7 Å². The molecule has 2 rings (SSSR count). The first-order chi connectivity index (χ1) is 8.51. The van der Waals surface area contributed by atoms with Crippen LogP contribution in [0.5, 0.6) is 0 Å². The summed E-state index contributed by atoms with van der Waals surface area (Å²) < 4.78 is 0. The van der Waals surface area contributed by atoms with E-state index >= 15 is 0 Å². The Balaban J connectivity index is 1.97. The van der Waals surface area contributed by atoms with Crippen LogP contribution >= 0.6 is 0 Å². The summed E-state index contributed by atoms with van der Waals surface area (Å²) in [5.41, 5.74) is 5.61. The number of carbonyl (C=O) groups excluding carboxylic acids is 2. The fourth-order valence-corrected chi connectivity index (χ4v) is 2.31. The Hall–Kier alpha value is -1.68. The van der Waals surface area contributed by atoms with Crippen LogP contribution in [0.15, 0.2) is 30.3 Å². The van der Waals surface area contributed by atoms with Crippen LogP contribution in [-0.2, 0) is 4.79 Å². The zero-order valence-electron chi connectivity index (χ0n) is 10.6. The number of carbonyl (C=O) groups is 2. The smallest absolute Gasteiger partial charge is 0.224 e.